The van der Waals surface area contributed by atoms with Gasteiger partial charge in [-0.25, -0.2) is 5.43 Å². The van der Waals surface area contributed by atoms with Gasteiger partial charge in [0.1, 0.15) is 10.7 Å². The third-order valence-corrected chi connectivity index (χ3v) is 2.88. The van der Waals surface area contributed by atoms with Crippen LogP contribution in [0.3, 0.4) is 0 Å². The standard InChI is InChI=1S/C15H15N3O5/c1-10-3-4-11(2)13(7-10)22-9-14(19)17-16-8-12-5-6-15(23-12)18(20)21/h3-8H,9H2,1-2H3,(H,17,19)/b16-8+. The SMILES string of the molecule is Cc1ccc(C)c(OCC(=O)N/N=C/c2ccc([N+](=O)[O-])o2)c1. The summed E-state index contributed by atoms with van der Waals surface area (Å²) in [6, 6.07) is 8.28. The maximum atomic E-state index is 11.6. The van der Waals surface area contributed by atoms with Gasteiger partial charge in [-0.1, -0.05) is 12.1 Å². The molecular weight excluding hydrogens is 302 g/mol. The molecule has 0 aliphatic heterocycles. The third-order valence-electron chi connectivity index (χ3n) is 2.88. The van der Waals surface area contributed by atoms with Gasteiger partial charge < -0.3 is 9.15 Å². The monoisotopic (exact) mass is 317 g/mol. The van der Waals surface area contributed by atoms with Crippen molar-refractivity contribution in [1.82, 2.24) is 5.43 Å². The van der Waals surface area contributed by atoms with Crippen molar-refractivity contribution in [1.29, 1.82) is 0 Å². The highest BCUT2D eigenvalue weighted by molar-refractivity contribution is 5.81. The molecule has 0 bridgehead atoms. The van der Waals surface area contributed by atoms with E-state index in [0.29, 0.717) is 5.75 Å². The Morgan fingerprint density at radius 3 is 2.87 bits per heavy atom. The number of nitrogens with one attached hydrogen (secondary N) is 1. The van der Waals surface area contributed by atoms with Gasteiger partial charge in [-0.2, -0.15) is 5.10 Å². The lowest BCUT2D eigenvalue weighted by molar-refractivity contribution is -0.402. The number of hydrazone groups is 1. The maximum absolute atomic E-state index is 11.6. The van der Waals surface area contributed by atoms with Crippen LogP contribution in [0, 0.1) is 24.0 Å². The highest BCUT2D eigenvalue weighted by Crippen LogP contribution is 2.18. The van der Waals surface area contributed by atoms with Crippen LogP contribution in [0.15, 0.2) is 39.9 Å². The second-order valence-corrected chi connectivity index (χ2v) is 4.78. The van der Waals surface area contributed by atoms with E-state index in [1.54, 1.807) is 0 Å². The summed E-state index contributed by atoms with van der Waals surface area (Å²) in [6.45, 7) is 3.62. The van der Waals surface area contributed by atoms with Crippen LogP contribution in [-0.4, -0.2) is 23.7 Å². The Morgan fingerprint density at radius 2 is 2.17 bits per heavy atom. The summed E-state index contributed by atoms with van der Waals surface area (Å²) in [5.41, 5.74) is 4.21. The Balaban J connectivity index is 1.83. The van der Waals surface area contributed by atoms with Gasteiger partial charge in [0, 0.05) is 0 Å². The van der Waals surface area contributed by atoms with E-state index in [0.717, 1.165) is 11.1 Å². The first kappa shape index (κ1) is 16.2. The van der Waals surface area contributed by atoms with Crippen LogP contribution in [0.5, 0.6) is 5.75 Å². The van der Waals surface area contributed by atoms with E-state index in [-0.39, 0.29) is 12.4 Å². The fraction of sp³-hybridized carbons (Fsp3) is 0.200. The van der Waals surface area contributed by atoms with Crippen LogP contribution < -0.4 is 10.2 Å². The summed E-state index contributed by atoms with van der Waals surface area (Å²) in [7, 11) is 0. The van der Waals surface area contributed by atoms with Gasteiger partial charge in [0.25, 0.3) is 5.91 Å². The number of rotatable bonds is 6. The minimum absolute atomic E-state index is 0.160. The molecular formula is C15H15N3O5. The van der Waals surface area contributed by atoms with Gasteiger partial charge in [0.2, 0.25) is 0 Å². The van der Waals surface area contributed by atoms with Gasteiger partial charge in [0.15, 0.2) is 12.4 Å². The molecule has 1 N–H and O–H groups in total. The molecule has 1 aromatic heterocycles. The molecule has 120 valence electrons. The molecule has 1 heterocycles. The number of carbonyl (C=O) groups is 1. The second kappa shape index (κ2) is 7.21. The number of nitrogens with zero attached hydrogens (tertiary/aromatic N) is 2. The minimum Gasteiger partial charge on any atom is -0.483 e. The minimum atomic E-state index is -0.659. The normalized spacial score (nSPS) is 10.7. The summed E-state index contributed by atoms with van der Waals surface area (Å²) < 4.78 is 10.3. The van der Waals surface area contributed by atoms with Crippen LogP contribution in [0.2, 0.25) is 0 Å². The number of ether oxygens (including phenoxy) is 1. The Hall–Kier alpha value is -3.16. The third kappa shape index (κ3) is 4.67. The smallest absolute Gasteiger partial charge is 0.433 e. The molecule has 0 fully saturated rings. The molecule has 23 heavy (non-hydrogen) atoms. The zero-order chi connectivity index (χ0) is 16.8. The zero-order valence-electron chi connectivity index (χ0n) is 12.6. The van der Waals surface area contributed by atoms with Crippen LogP contribution in [0.1, 0.15) is 16.9 Å². The van der Waals surface area contributed by atoms with Crippen LogP contribution in [0.25, 0.3) is 0 Å². The molecule has 0 atom stereocenters. The molecule has 1 aromatic carbocycles. The van der Waals surface area contributed by atoms with E-state index in [2.05, 4.69) is 10.5 Å². The summed E-state index contributed by atoms with van der Waals surface area (Å²) in [5.74, 6) is -0.0579. The van der Waals surface area contributed by atoms with Crippen molar-refractivity contribution in [2.45, 2.75) is 13.8 Å². The predicted molar refractivity (Wildman–Crippen MR) is 82.5 cm³/mol. The highest BCUT2D eigenvalue weighted by Gasteiger charge is 2.10. The molecule has 0 saturated heterocycles. The van der Waals surface area contributed by atoms with Gasteiger partial charge in [-0.15, -0.1) is 0 Å². The van der Waals surface area contributed by atoms with Crippen molar-refractivity contribution >= 4 is 18.0 Å². The van der Waals surface area contributed by atoms with E-state index >= 15 is 0 Å². The molecule has 2 rings (SSSR count). The van der Waals surface area contributed by atoms with Crippen molar-refractivity contribution in [2.75, 3.05) is 6.61 Å². The van der Waals surface area contributed by atoms with Crippen molar-refractivity contribution in [3.63, 3.8) is 0 Å². The summed E-state index contributed by atoms with van der Waals surface area (Å²) in [6.07, 6.45) is 1.17. The molecule has 0 unspecified atom stereocenters. The van der Waals surface area contributed by atoms with E-state index in [9.17, 15) is 14.9 Å². The topological polar surface area (TPSA) is 107 Å². The summed E-state index contributed by atoms with van der Waals surface area (Å²) in [4.78, 5) is 21.4. The predicted octanol–water partition coefficient (Wildman–Crippen LogP) is 2.33. The number of carbonyl (C=O) groups excluding carboxylic acids is 1. The van der Waals surface area contributed by atoms with E-state index in [1.165, 1.54) is 18.3 Å². The largest absolute Gasteiger partial charge is 0.483 e. The first-order valence-electron chi connectivity index (χ1n) is 6.72. The van der Waals surface area contributed by atoms with Crippen molar-refractivity contribution in [2.24, 2.45) is 5.10 Å². The Bertz CT molecular complexity index is 751. The van der Waals surface area contributed by atoms with Gasteiger partial charge in [-0.05, 0) is 37.1 Å². The lowest BCUT2D eigenvalue weighted by Crippen LogP contribution is -2.24. The van der Waals surface area contributed by atoms with E-state index in [4.69, 9.17) is 9.15 Å². The number of amides is 1. The van der Waals surface area contributed by atoms with Crippen molar-refractivity contribution in [3.05, 3.63) is 57.3 Å². The summed E-state index contributed by atoms with van der Waals surface area (Å²) in [5, 5.41) is 14.1. The summed E-state index contributed by atoms with van der Waals surface area (Å²) >= 11 is 0. The number of nitro groups is 1. The second-order valence-electron chi connectivity index (χ2n) is 4.78. The number of benzene rings is 1. The lowest BCUT2D eigenvalue weighted by Gasteiger charge is -2.08. The molecule has 0 aliphatic rings. The fourth-order valence-corrected chi connectivity index (χ4v) is 1.72. The number of furan rings is 1. The van der Waals surface area contributed by atoms with Crippen LogP contribution in [0.4, 0.5) is 5.88 Å². The molecule has 8 nitrogen and oxygen atoms in total. The molecule has 8 heteroatoms. The molecule has 2 aromatic rings. The van der Waals surface area contributed by atoms with Gasteiger partial charge >= 0.3 is 5.88 Å². The molecule has 0 radical (unpaired) electrons. The Labute approximate surface area is 131 Å². The van der Waals surface area contributed by atoms with Gasteiger partial charge in [0.05, 0.1) is 12.3 Å². The quantitative estimate of drug-likeness (QED) is 0.500. The molecule has 0 aliphatic carbocycles. The average Bonchev–Trinajstić information content (AvgIpc) is 2.97. The lowest BCUT2D eigenvalue weighted by atomic mass is 10.1. The highest BCUT2D eigenvalue weighted by atomic mass is 16.6. The first-order valence-corrected chi connectivity index (χ1v) is 6.72. The van der Waals surface area contributed by atoms with E-state index < -0.39 is 16.7 Å². The molecule has 1 amide bonds. The number of hydrogen-bond donors (Lipinski definition) is 1. The van der Waals surface area contributed by atoms with Crippen molar-refractivity contribution in [3.8, 4) is 5.75 Å². The Kier molecular flexibility index (Phi) is 5.08. The van der Waals surface area contributed by atoms with Crippen molar-refractivity contribution < 1.29 is 18.9 Å². The molecule has 0 spiro atoms. The zero-order valence-corrected chi connectivity index (χ0v) is 12.6. The Morgan fingerprint density at radius 1 is 1.39 bits per heavy atom. The van der Waals surface area contributed by atoms with Gasteiger partial charge in [-0.3, -0.25) is 14.9 Å². The molecule has 0 saturated carbocycles. The maximum Gasteiger partial charge on any atom is 0.433 e. The van der Waals surface area contributed by atoms with E-state index in [1.807, 2.05) is 32.0 Å². The number of hydrogen-bond acceptors (Lipinski definition) is 6. The number of aryl methyl sites for hydroxylation is 2. The van der Waals surface area contributed by atoms with Crippen LogP contribution >= 0.6 is 0 Å². The first-order chi connectivity index (χ1) is 11.0. The average molecular weight is 317 g/mol. The fourth-order valence-electron chi connectivity index (χ4n) is 1.72. The van der Waals surface area contributed by atoms with Crippen LogP contribution in [-0.2, 0) is 4.79 Å².